The Kier molecular flexibility index (Phi) is 5.79. The zero-order valence-corrected chi connectivity index (χ0v) is 14.9. The molecule has 2 saturated heterocycles. The largest absolute Gasteiger partial charge is 0.468 e. The molecule has 0 aromatic carbocycles. The molecule has 6 heteroatoms. The topological polar surface area (TPSA) is 62.0 Å². The number of ether oxygens (including phenoxy) is 1. The van der Waals surface area contributed by atoms with Crippen LogP contribution in [-0.4, -0.2) is 56.3 Å². The molecule has 24 heavy (non-hydrogen) atoms. The maximum absolute atomic E-state index is 5.83. The van der Waals surface area contributed by atoms with Gasteiger partial charge in [-0.2, -0.15) is 0 Å². The maximum atomic E-state index is 5.83. The molecule has 2 unspecified atom stereocenters. The molecule has 0 radical (unpaired) electrons. The Morgan fingerprint density at radius 2 is 2.17 bits per heavy atom. The van der Waals surface area contributed by atoms with Gasteiger partial charge >= 0.3 is 0 Å². The van der Waals surface area contributed by atoms with E-state index in [-0.39, 0.29) is 11.6 Å². The summed E-state index contributed by atoms with van der Waals surface area (Å²) in [5.41, 5.74) is -0.0764. The lowest BCUT2D eigenvalue weighted by atomic mass is 10.0. The van der Waals surface area contributed by atoms with Crippen LogP contribution in [0.1, 0.15) is 44.4 Å². The third-order valence-electron chi connectivity index (χ3n) is 5.07. The highest BCUT2D eigenvalue weighted by Crippen LogP contribution is 2.25. The molecule has 0 aliphatic carbocycles. The minimum Gasteiger partial charge on any atom is -0.468 e. The van der Waals surface area contributed by atoms with Crippen molar-refractivity contribution < 1.29 is 9.15 Å². The molecule has 3 heterocycles. The molecule has 0 saturated carbocycles. The van der Waals surface area contributed by atoms with Gasteiger partial charge in [0.1, 0.15) is 5.76 Å². The van der Waals surface area contributed by atoms with E-state index in [9.17, 15) is 0 Å². The van der Waals surface area contributed by atoms with Crippen molar-refractivity contribution in [3.05, 3.63) is 24.2 Å². The Labute approximate surface area is 144 Å². The van der Waals surface area contributed by atoms with Gasteiger partial charge in [0.15, 0.2) is 5.96 Å². The zero-order chi connectivity index (χ0) is 16.8. The summed E-state index contributed by atoms with van der Waals surface area (Å²) in [6, 6.07) is 4.28. The predicted octanol–water partition coefficient (Wildman–Crippen LogP) is 2.15. The standard InChI is InChI=1S/C18H30N4O2/c1-18(8-6-12-24-18)14-21-17(19-2)20-13-15(16-7-5-11-23-16)22-9-3-4-10-22/h5,7,11,15H,3-4,6,8-10,12-14H2,1-2H3,(H2,19,20,21). The summed E-state index contributed by atoms with van der Waals surface area (Å²) in [5.74, 6) is 1.84. The minimum atomic E-state index is -0.0764. The smallest absolute Gasteiger partial charge is 0.191 e. The van der Waals surface area contributed by atoms with Crippen LogP contribution in [0.5, 0.6) is 0 Å². The van der Waals surface area contributed by atoms with E-state index >= 15 is 0 Å². The molecule has 1 aromatic rings. The highest BCUT2D eigenvalue weighted by Gasteiger charge is 2.30. The second-order valence-corrected chi connectivity index (χ2v) is 6.98. The third-order valence-corrected chi connectivity index (χ3v) is 5.07. The van der Waals surface area contributed by atoms with Gasteiger partial charge in [-0.25, -0.2) is 0 Å². The molecular weight excluding hydrogens is 304 g/mol. The third kappa shape index (κ3) is 4.30. The van der Waals surface area contributed by atoms with Crippen molar-refractivity contribution in [2.24, 2.45) is 4.99 Å². The van der Waals surface area contributed by atoms with Crippen LogP contribution < -0.4 is 10.6 Å². The van der Waals surface area contributed by atoms with Gasteiger partial charge in [-0.15, -0.1) is 0 Å². The molecule has 0 bridgehead atoms. The van der Waals surface area contributed by atoms with Crippen LogP contribution in [0, 0.1) is 0 Å². The van der Waals surface area contributed by atoms with Crippen LogP contribution in [0.15, 0.2) is 27.8 Å². The number of aliphatic imine (C=N–C) groups is 1. The molecule has 2 atom stereocenters. The van der Waals surface area contributed by atoms with Crippen molar-refractivity contribution in [1.82, 2.24) is 15.5 Å². The van der Waals surface area contributed by atoms with Crippen LogP contribution >= 0.6 is 0 Å². The summed E-state index contributed by atoms with van der Waals surface area (Å²) in [6.07, 6.45) is 6.52. The molecular formula is C18H30N4O2. The summed E-state index contributed by atoms with van der Waals surface area (Å²) in [6.45, 7) is 6.85. The molecule has 1 aromatic heterocycles. The highest BCUT2D eigenvalue weighted by molar-refractivity contribution is 5.79. The van der Waals surface area contributed by atoms with Gasteiger partial charge in [0, 0.05) is 26.7 Å². The number of rotatable bonds is 6. The first-order valence-electron chi connectivity index (χ1n) is 9.06. The zero-order valence-electron chi connectivity index (χ0n) is 14.9. The van der Waals surface area contributed by atoms with E-state index < -0.39 is 0 Å². The summed E-state index contributed by atoms with van der Waals surface area (Å²) in [4.78, 5) is 6.84. The molecule has 2 N–H and O–H groups in total. The number of nitrogens with one attached hydrogen (secondary N) is 2. The van der Waals surface area contributed by atoms with Crippen LogP contribution in [0.2, 0.25) is 0 Å². The minimum absolute atomic E-state index is 0.0764. The quantitative estimate of drug-likeness (QED) is 0.616. The summed E-state index contributed by atoms with van der Waals surface area (Å²) in [5, 5.41) is 6.87. The van der Waals surface area contributed by atoms with Crippen molar-refractivity contribution in [2.45, 2.75) is 44.2 Å². The molecule has 0 amide bonds. The lowest BCUT2D eigenvalue weighted by Crippen LogP contribution is -2.47. The summed E-state index contributed by atoms with van der Waals surface area (Å²) in [7, 11) is 1.81. The number of nitrogens with zero attached hydrogens (tertiary/aromatic N) is 2. The maximum Gasteiger partial charge on any atom is 0.191 e. The van der Waals surface area contributed by atoms with Crippen molar-refractivity contribution in [1.29, 1.82) is 0 Å². The Bertz CT molecular complexity index is 517. The summed E-state index contributed by atoms with van der Waals surface area (Å²) >= 11 is 0. The highest BCUT2D eigenvalue weighted by atomic mass is 16.5. The first kappa shape index (κ1) is 17.3. The van der Waals surface area contributed by atoms with Crippen LogP contribution in [0.25, 0.3) is 0 Å². The Hall–Kier alpha value is -1.53. The average Bonchev–Trinajstić information content (AvgIpc) is 3.33. The number of guanidine groups is 1. The Balaban J connectivity index is 1.54. The van der Waals surface area contributed by atoms with Crippen molar-refractivity contribution in [3.63, 3.8) is 0 Å². The number of hydrogen-bond donors (Lipinski definition) is 2. The Morgan fingerprint density at radius 3 is 2.79 bits per heavy atom. The fourth-order valence-electron chi connectivity index (χ4n) is 3.60. The van der Waals surface area contributed by atoms with Gasteiger partial charge in [0.2, 0.25) is 0 Å². The first-order valence-corrected chi connectivity index (χ1v) is 9.06. The van der Waals surface area contributed by atoms with E-state index in [0.29, 0.717) is 0 Å². The van der Waals surface area contributed by atoms with Crippen LogP contribution in [0.4, 0.5) is 0 Å². The lowest BCUT2D eigenvalue weighted by molar-refractivity contribution is 0.0242. The van der Waals surface area contributed by atoms with Gasteiger partial charge in [-0.3, -0.25) is 9.89 Å². The van der Waals surface area contributed by atoms with Gasteiger partial charge < -0.3 is 19.8 Å². The van der Waals surface area contributed by atoms with Gasteiger partial charge in [0.05, 0.1) is 17.9 Å². The van der Waals surface area contributed by atoms with Gasteiger partial charge in [-0.05, 0) is 57.8 Å². The average molecular weight is 334 g/mol. The fraction of sp³-hybridized carbons (Fsp3) is 0.722. The van der Waals surface area contributed by atoms with E-state index in [4.69, 9.17) is 9.15 Å². The van der Waals surface area contributed by atoms with Crippen molar-refractivity contribution >= 4 is 5.96 Å². The van der Waals surface area contributed by atoms with E-state index in [0.717, 1.165) is 57.3 Å². The van der Waals surface area contributed by atoms with Crippen molar-refractivity contribution in [3.8, 4) is 0 Å². The lowest BCUT2D eigenvalue weighted by Gasteiger charge is -2.28. The van der Waals surface area contributed by atoms with Gasteiger partial charge in [0.25, 0.3) is 0 Å². The monoisotopic (exact) mass is 334 g/mol. The predicted molar refractivity (Wildman–Crippen MR) is 95.2 cm³/mol. The Morgan fingerprint density at radius 1 is 1.33 bits per heavy atom. The fourth-order valence-corrected chi connectivity index (χ4v) is 3.60. The SMILES string of the molecule is CN=C(NCC(c1ccco1)N1CCCC1)NCC1(C)CCCO1. The van der Waals surface area contributed by atoms with E-state index in [1.165, 1.54) is 12.8 Å². The molecule has 0 spiro atoms. The van der Waals surface area contributed by atoms with E-state index in [2.05, 4.69) is 33.5 Å². The van der Waals surface area contributed by atoms with Crippen LogP contribution in [0.3, 0.4) is 0 Å². The molecule has 2 fully saturated rings. The molecule has 6 nitrogen and oxygen atoms in total. The molecule has 134 valence electrons. The number of furan rings is 1. The van der Waals surface area contributed by atoms with E-state index in [1.807, 2.05) is 13.1 Å². The van der Waals surface area contributed by atoms with E-state index in [1.54, 1.807) is 6.26 Å². The number of hydrogen-bond acceptors (Lipinski definition) is 4. The van der Waals surface area contributed by atoms with Gasteiger partial charge in [-0.1, -0.05) is 0 Å². The second-order valence-electron chi connectivity index (χ2n) is 6.98. The number of likely N-dealkylation sites (tertiary alicyclic amines) is 1. The second kappa shape index (κ2) is 8.03. The first-order chi connectivity index (χ1) is 11.7. The summed E-state index contributed by atoms with van der Waals surface area (Å²) < 4.78 is 11.5. The normalized spacial score (nSPS) is 26.7. The van der Waals surface area contributed by atoms with Crippen LogP contribution in [-0.2, 0) is 4.74 Å². The molecule has 3 rings (SSSR count). The molecule has 2 aliphatic heterocycles. The molecule has 2 aliphatic rings. The van der Waals surface area contributed by atoms with Crippen molar-refractivity contribution in [2.75, 3.05) is 39.8 Å².